The maximum absolute atomic E-state index is 12.0. The van der Waals surface area contributed by atoms with Crippen LogP contribution in [0, 0.1) is 5.92 Å². The molecule has 0 bridgehead atoms. The Hall–Kier alpha value is -0.220. The lowest BCUT2D eigenvalue weighted by Gasteiger charge is -2.32. The van der Waals surface area contributed by atoms with Gasteiger partial charge in [-0.3, -0.25) is 4.79 Å². The van der Waals surface area contributed by atoms with E-state index in [9.17, 15) is 4.79 Å². The number of nitrogens with one attached hydrogen (secondary N) is 1. The highest BCUT2D eigenvalue weighted by molar-refractivity contribution is 7.99. The van der Waals surface area contributed by atoms with Crippen molar-refractivity contribution in [3.05, 3.63) is 0 Å². The Morgan fingerprint density at radius 3 is 2.71 bits per heavy atom. The van der Waals surface area contributed by atoms with Gasteiger partial charge in [0.1, 0.15) is 0 Å². The third-order valence-electron chi connectivity index (χ3n) is 3.89. The summed E-state index contributed by atoms with van der Waals surface area (Å²) in [5.41, 5.74) is 5.96. The van der Waals surface area contributed by atoms with Crippen LogP contribution >= 0.6 is 11.8 Å². The van der Waals surface area contributed by atoms with E-state index in [4.69, 9.17) is 5.73 Å². The molecule has 0 radical (unpaired) electrons. The summed E-state index contributed by atoms with van der Waals surface area (Å²) in [6, 6.07) is -0.0363. The van der Waals surface area contributed by atoms with Gasteiger partial charge in [-0.25, -0.2) is 0 Å². The lowest BCUT2D eigenvalue weighted by Crippen LogP contribution is -2.51. The van der Waals surface area contributed by atoms with E-state index < -0.39 is 0 Å². The lowest BCUT2D eigenvalue weighted by atomic mass is 9.93. The zero-order chi connectivity index (χ0) is 12.8. The second-order valence-corrected chi connectivity index (χ2v) is 6.16. The van der Waals surface area contributed by atoms with Gasteiger partial charge in [-0.15, -0.1) is 0 Å². The van der Waals surface area contributed by atoms with Gasteiger partial charge in [0, 0.05) is 11.3 Å². The number of carbonyl (C=O) groups is 1. The van der Waals surface area contributed by atoms with E-state index in [1.807, 2.05) is 18.7 Å². The second kappa shape index (κ2) is 7.27. The summed E-state index contributed by atoms with van der Waals surface area (Å²) in [7, 11) is 0. The van der Waals surface area contributed by atoms with Gasteiger partial charge in [0.05, 0.1) is 6.04 Å². The molecule has 0 aromatic heterocycles. The van der Waals surface area contributed by atoms with Gasteiger partial charge in [0.15, 0.2) is 0 Å². The molecule has 1 rings (SSSR count). The van der Waals surface area contributed by atoms with Crippen molar-refractivity contribution in [2.24, 2.45) is 11.7 Å². The fourth-order valence-corrected chi connectivity index (χ4v) is 3.27. The summed E-state index contributed by atoms with van der Waals surface area (Å²) in [5, 5.41) is 3.72. The topological polar surface area (TPSA) is 55.1 Å². The molecule has 4 heteroatoms. The van der Waals surface area contributed by atoms with E-state index in [-0.39, 0.29) is 17.9 Å². The average molecular weight is 258 g/mol. The molecule has 1 fully saturated rings. The molecule has 1 aliphatic carbocycles. The first kappa shape index (κ1) is 14.8. The van der Waals surface area contributed by atoms with Crippen molar-refractivity contribution in [3.8, 4) is 0 Å². The molecule has 4 atom stereocenters. The van der Waals surface area contributed by atoms with E-state index >= 15 is 0 Å². The van der Waals surface area contributed by atoms with Crippen LogP contribution in [-0.4, -0.2) is 29.5 Å². The SMILES string of the molecule is CC[C@H](C)[C@H](N)C(=O)NC1CCCCC1SC. The van der Waals surface area contributed by atoms with Crippen molar-refractivity contribution in [3.63, 3.8) is 0 Å². The summed E-state index contributed by atoms with van der Waals surface area (Å²) < 4.78 is 0. The molecule has 0 spiro atoms. The number of hydrogen-bond donors (Lipinski definition) is 2. The summed E-state index contributed by atoms with van der Waals surface area (Å²) in [6.07, 6.45) is 7.90. The minimum absolute atomic E-state index is 0.0327. The van der Waals surface area contributed by atoms with Crippen LogP contribution in [0.3, 0.4) is 0 Å². The van der Waals surface area contributed by atoms with Crippen molar-refractivity contribution in [1.29, 1.82) is 0 Å². The summed E-state index contributed by atoms with van der Waals surface area (Å²) in [4.78, 5) is 12.0. The Bertz CT molecular complexity index is 248. The molecule has 2 unspecified atom stereocenters. The van der Waals surface area contributed by atoms with Crippen molar-refractivity contribution in [1.82, 2.24) is 5.32 Å². The van der Waals surface area contributed by atoms with E-state index in [2.05, 4.69) is 18.5 Å². The van der Waals surface area contributed by atoms with Crippen LogP contribution < -0.4 is 11.1 Å². The van der Waals surface area contributed by atoms with Crippen molar-refractivity contribution < 1.29 is 4.79 Å². The minimum atomic E-state index is -0.357. The smallest absolute Gasteiger partial charge is 0.237 e. The number of carbonyl (C=O) groups excluding carboxylic acids is 1. The molecule has 1 saturated carbocycles. The van der Waals surface area contributed by atoms with Crippen LogP contribution in [0.15, 0.2) is 0 Å². The highest BCUT2D eigenvalue weighted by Crippen LogP contribution is 2.27. The van der Waals surface area contributed by atoms with E-state index in [0.717, 1.165) is 12.8 Å². The van der Waals surface area contributed by atoms with Gasteiger partial charge >= 0.3 is 0 Å². The largest absolute Gasteiger partial charge is 0.351 e. The van der Waals surface area contributed by atoms with Crippen LogP contribution in [0.25, 0.3) is 0 Å². The Morgan fingerprint density at radius 2 is 2.12 bits per heavy atom. The van der Waals surface area contributed by atoms with Gasteiger partial charge in [-0.05, 0) is 25.0 Å². The maximum Gasteiger partial charge on any atom is 0.237 e. The third-order valence-corrected chi connectivity index (χ3v) is 5.06. The first-order valence-electron chi connectivity index (χ1n) is 6.68. The highest BCUT2D eigenvalue weighted by Gasteiger charge is 2.28. The van der Waals surface area contributed by atoms with E-state index in [1.165, 1.54) is 19.3 Å². The molecule has 3 N–H and O–H groups in total. The first-order chi connectivity index (χ1) is 8.10. The number of nitrogens with two attached hydrogens (primary N) is 1. The van der Waals surface area contributed by atoms with Crippen molar-refractivity contribution >= 4 is 17.7 Å². The Labute approximate surface area is 109 Å². The highest BCUT2D eigenvalue weighted by atomic mass is 32.2. The second-order valence-electron chi connectivity index (χ2n) is 5.09. The molecular formula is C13H26N2OS. The monoisotopic (exact) mass is 258 g/mol. The van der Waals surface area contributed by atoms with Crippen LogP contribution in [0.5, 0.6) is 0 Å². The summed E-state index contributed by atoms with van der Waals surface area (Å²) in [5.74, 6) is 0.289. The molecule has 1 aliphatic rings. The molecule has 0 heterocycles. The molecule has 0 aromatic rings. The number of rotatable bonds is 5. The number of amides is 1. The molecule has 3 nitrogen and oxygen atoms in total. The molecule has 0 aliphatic heterocycles. The Kier molecular flexibility index (Phi) is 6.34. The quantitative estimate of drug-likeness (QED) is 0.794. The Balaban J connectivity index is 2.48. The van der Waals surface area contributed by atoms with Crippen LogP contribution in [0.1, 0.15) is 46.0 Å². The molecular weight excluding hydrogens is 232 g/mol. The van der Waals surface area contributed by atoms with Crippen molar-refractivity contribution in [2.45, 2.75) is 63.3 Å². The van der Waals surface area contributed by atoms with E-state index in [0.29, 0.717) is 11.3 Å². The molecule has 100 valence electrons. The van der Waals surface area contributed by atoms with Gasteiger partial charge in [-0.2, -0.15) is 11.8 Å². The van der Waals surface area contributed by atoms with Gasteiger partial charge in [-0.1, -0.05) is 33.1 Å². The lowest BCUT2D eigenvalue weighted by molar-refractivity contribution is -0.124. The third kappa shape index (κ3) is 4.18. The summed E-state index contributed by atoms with van der Waals surface area (Å²) in [6.45, 7) is 4.11. The minimum Gasteiger partial charge on any atom is -0.351 e. The fourth-order valence-electron chi connectivity index (χ4n) is 2.34. The molecule has 1 amide bonds. The summed E-state index contributed by atoms with van der Waals surface area (Å²) >= 11 is 1.87. The van der Waals surface area contributed by atoms with Gasteiger partial charge in [0.2, 0.25) is 5.91 Å². The zero-order valence-electron chi connectivity index (χ0n) is 11.2. The fraction of sp³-hybridized carbons (Fsp3) is 0.923. The van der Waals surface area contributed by atoms with Gasteiger partial charge < -0.3 is 11.1 Å². The van der Waals surface area contributed by atoms with Gasteiger partial charge in [0.25, 0.3) is 0 Å². The maximum atomic E-state index is 12.0. The predicted octanol–water partition coefficient (Wildman–Crippen LogP) is 2.15. The normalized spacial score (nSPS) is 28.5. The molecule has 0 saturated heterocycles. The number of thioether (sulfide) groups is 1. The number of hydrogen-bond acceptors (Lipinski definition) is 3. The van der Waals surface area contributed by atoms with Crippen molar-refractivity contribution in [2.75, 3.05) is 6.26 Å². The first-order valence-corrected chi connectivity index (χ1v) is 7.97. The standard InChI is InChI=1S/C13H26N2OS/c1-4-9(2)12(14)13(16)15-10-7-5-6-8-11(10)17-3/h9-12H,4-8,14H2,1-3H3,(H,15,16)/t9-,10?,11?,12-/m0/s1. The molecule has 17 heavy (non-hydrogen) atoms. The average Bonchev–Trinajstić information content (AvgIpc) is 2.37. The van der Waals surface area contributed by atoms with Crippen LogP contribution in [-0.2, 0) is 4.79 Å². The van der Waals surface area contributed by atoms with Crippen LogP contribution in [0.2, 0.25) is 0 Å². The predicted molar refractivity (Wildman–Crippen MR) is 75.1 cm³/mol. The Morgan fingerprint density at radius 1 is 1.47 bits per heavy atom. The zero-order valence-corrected chi connectivity index (χ0v) is 12.1. The molecule has 0 aromatic carbocycles. The van der Waals surface area contributed by atoms with Crippen LogP contribution in [0.4, 0.5) is 0 Å². The van der Waals surface area contributed by atoms with E-state index in [1.54, 1.807) is 0 Å².